The molecule has 2 aromatic carbocycles. The first kappa shape index (κ1) is 18.3. The van der Waals surface area contributed by atoms with E-state index in [1.165, 1.54) is 43.5 Å². The van der Waals surface area contributed by atoms with E-state index in [2.05, 4.69) is 39.5 Å². The third-order valence-corrected chi connectivity index (χ3v) is 4.72. The highest BCUT2D eigenvalue weighted by Gasteiger charge is 2.12. The van der Waals surface area contributed by atoms with Gasteiger partial charge in [0.2, 0.25) is 0 Å². The van der Waals surface area contributed by atoms with Crippen molar-refractivity contribution in [3.8, 4) is 5.75 Å². The van der Waals surface area contributed by atoms with E-state index in [9.17, 15) is 0 Å². The second-order valence-corrected chi connectivity index (χ2v) is 6.66. The number of methoxy groups -OCH3 is 1. The Hall–Kier alpha value is -2.53. The van der Waals surface area contributed by atoms with E-state index in [0.29, 0.717) is 12.5 Å². The zero-order valence-corrected chi connectivity index (χ0v) is 15.4. The molecule has 5 nitrogen and oxygen atoms in total. The molecule has 1 aliphatic rings. The second-order valence-electron chi connectivity index (χ2n) is 6.66. The molecule has 0 atom stereocenters. The first-order valence-electron chi connectivity index (χ1n) is 9.25. The van der Waals surface area contributed by atoms with Gasteiger partial charge in [-0.1, -0.05) is 36.8 Å². The largest absolute Gasteiger partial charge is 0.497 e. The Morgan fingerprint density at radius 1 is 1.08 bits per heavy atom. The van der Waals surface area contributed by atoms with Gasteiger partial charge in [0.25, 0.3) is 0 Å². The lowest BCUT2D eigenvalue weighted by Gasteiger charge is -2.27. The molecule has 0 aliphatic carbocycles. The Morgan fingerprint density at radius 2 is 1.85 bits per heavy atom. The summed E-state index contributed by atoms with van der Waals surface area (Å²) in [5, 5.41) is 3.13. The zero-order valence-electron chi connectivity index (χ0n) is 15.4. The molecule has 0 saturated carbocycles. The molecule has 5 heteroatoms. The molecular formula is C21H28N4O. The Balaban J connectivity index is 1.63. The van der Waals surface area contributed by atoms with Gasteiger partial charge in [0.05, 0.1) is 13.7 Å². The number of nitrogens with two attached hydrogens (primary N) is 1. The smallest absolute Gasteiger partial charge is 0.193 e. The number of hydrogen-bond acceptors (Lipinski definition) is 3. The van der Waals surface area contributed by atoms with E-state index in [1.807, 2.05) is 24.3 Å². The zero-order chi connectivity index (χ0) is 18.2. The first-order valence-corrected chi connectivity index (χ1v) is 9.25. The number of ether oxygens (including phenoxy) is 1. The predicted octanol–water partition coefficient (Wildman–Crippen LogP) is 3.61. The summed E-state index contributed by atoms with van der Waals surface area (Å²) in [5.74, 6) is 1.20. The average Bonchev–Trinajstić information content (AvgIpc) is 2.68. The number of piperidine rings is 1. The van der Waals surface area contributed by atoms with Gasteiger partial charge in [-0.2, -0.15) is 0 Å². The highest BCUT2D eigenvalue weighted by atomic mass is 16.5. The molecular weight excluding hydrogens is 324 g/mol. The molecule has 0 unspecified atom stereocenters. The van der Waals surface area contributed by atoms with Crippen molar-refractivity contribution < 1.29 is 4.74 Å². The Kier molecular flexibility index (Phi) is 6.50. The number of likely N-dealkylation sites (tertiary alicyclic amines) is 1. The molecule has 0 radical (unpaired) electrons. The van der Waals surface area contributed by atoms with Crippen LogP contribution in [0.4, 0.5) is 5.69 Å². The van der Waals surface area contributed by atoms with Gasteiger partial charge in [-0.15, -0.1) is 0 Å². The summed E-state index contributed by atoms with van der Waals surface area (Å²) in [7, 11) is 1.65. The molecule has 138 valence electrons. The van der Waals surface area contributed by atoms with E-state index >= 15 is 0 Å². The highest BCUT2D eigenvalue weighted by molar-refractivity contribution is 5.92. The molecule has 3 rings (SSSR count). The van der Waals surface area contributed by atoms with Crippen molar-refractivity contribution in [1.82, 2.24) is 4.90 Å². The molecule has 0 spiro atoms. The number of benzene rings is 2. The summed E-state index contributed by atoms with van der Waals surface area (Å²) < 4.78 is 5.23. The fraction of sp³-hybridized carbons (Fsp3) is 0.381. The maximum atomic E-state index is 6.07. The maximum absolute atomic E-state index is 6.07. The van der Waals surface area contributed by atoms with E-state index in [4.69, 9.17) is 10.5 Å². The van der Waals surface area contributed by atoms with Crippen LogP contribution in [-0.2, 0) is 13.1 Å². The molecule has 2 aromatic rings. The lowest BCUT2D eigenvalue weighted by molar-refractivity contribution is 0.220. The number of guanidine groups is 1. The van der Waals surface area contributed by atoms with Gasteiger partial charge < -0.3 is 15.8 Å². The monoisotopic (exact) mass is 352 g/mol. The number of nitrogens with one attached hydrogen (secondary N) is 1. The van der Waals surface area contributed by atoms with Gasteiger partial charge >= 0.3 is 0 Å². The second kappa shape index (κ2) is 9.25. The van der Waals surface area contributed by atoms with Crippen molar-refractivity contribution in [3.05, 3.63) is 59.7 Å². The van der Waals surface area contributed by atoms with Crippen LogP contribution >= 0.6 is 0 Å². The molecule has 0 amide bonds. The summed E-state index contributed by atoms with van der Waals surface area (Å²) >= 11 is 0. The molecule has 1 aliphatic heterocycles. The lowest BCUT2D eigenvalue weighted by atomic mass is 10.1. The molecule has 26 heavy (non-hydrogen) atoms. The lowest BCUT2D eigenvalue weighted by Crippen LogP contribution is -2.29. The number of nitrogens with zero attached hydrogens (tertiary/aromatic N) is 2. The van der Waals surface area contributed by atoms with Crippen molar-refractivity contribution in [2.45, 2.75) is 32.4 Å². The van der Waals surface area contributed by atoms with Crippen molar-refractivity contribution >= 4 is 11.6 Å². The van der Waals surface area contributed by atoms with Gasteiger partial charge in [-0.05, 0) is 49.2 Å². The minimum absolute atomic E-state index is 0.408. The average molecular weight is 352 g/mol. The topological polar surface area (TPSA) is 62.9 Å². The van der Waals surface area contributed by atoms with Crippen LogP contribution in [0.3, 0.4) is 0 Å². The van der Waals surface area contributed by atoms with Crippen LogP contribution in [0, 0.1) is 0 Å². The van der Waals surface area contributed by atoms with Crippen LogP contribution in [0.1, 0.15) is 30.4 Å². The van der Waals surface area contributed by atoms with Crippen LogP contribution in [0.15, 0.2) is 53.5 Å². The SMILES string of the molecule is COc1cccc(NC(N)=NCc2ccccc2CN2CCCCC2)c1. The van der Waals surface area contributed by atoms with Crippen LogP contribution in [0.5, 0.6) is 5.75 Å². The predicted molar refractivity (Wildman–Crippen MR) is 108 cm³/mol. The number of aliphatic imine (C=N–C) groups is 1. The standard InChI is InChI=1S/C21H28N4O/c1-26-20-11-7-10-19(14-20)24-21(22)23-15-17-8-3-4-9-18(17)16-25-12-5-2-6-13-25/h3-4,7-11,14H,2,5-6,12-13,15-16H2,1H3,(H3,22,23,24). The number of anilines is 1. The summed E-state index contributed by atoms with van der Waals surface area (Å²) in [6.07, 6.45) is 3.96. The van der Waals surface area contributed by atoms with Crippen LogP contribution in [0.25, 0.3) is 0 Å². The van der Waals surface area contributed by atoms with E-state index < -0.39 is 0 Å². The Bertz CT molecular complexity index is 738. The fourth-order valence-corrected chi connectivity index (χ4v) is 3.28. The quantitative estimate of drug-likeness (QED) is 0.616. The minimum atomic E-state index is 0.408. The molecule has 1 fully saturated rings. The first-order chi connectivity index (χ1) is 12.7. The van der Waals surface area contributed by atoms with Crippen LogP contribution < -0.4 is 15.8 Å². The Morgan fingerprint density at radius 3 is 2.62 bits per heavy atom. The molecule has 1 heterocycles. The van der Waals surface area contributed by atoms with E-state index in [0.717, 1.165) is 18.0 Å². The third kappa shape index (κ3) is 5.23. The van der Waals surface area contributed by atoms with Crippen LogP contribution in [-0.4, -0.2) is 31.1 Å². The van der Waals surface area contributed by atoms with Gasteiger partial charge in [0, 0.05) is 18.3 Å². The fourth-order valence-electron chi connectivity index (χ4n) is 3.28. The van der Waals surface area contributed by atoms with Crippen molar-refractivity contribution in [1.29, 1.82) is 0 Å². The summed E-state index contributed by atoms with van der Waals surface area (Å²) in [6.45, 7) is 3.95. The number of rotatable bonds is 6. The summed E-state index contributed by atoms with van der Waals surface area (Å²) in [5.41, 5.74) is 9.51. The number of hydrogen-bond donors (Lipinski definition) is 2. The van der Waals surface area contributed by atoms with Gasteiger partial charge in [0.1, 0.15) is 5.75 Å². The van der Waals surface area contributed by atoms with Gasteiger partial charge in [-0.3, -0.25) is 4.90 Å². The molecule has 0 aromatic heterocycles. The maximum Gasteiger partial charge on any atom is 0.193 e. The molecule has 0 bridgehead atoms. The van der Waals surface area contributed by atoms with Crippen molar-refractivity contribution in [3.63, 3.8) is 0 Å². The summed E-state index contributed by atoms with van der Waals surface area (Å²) in [6, 6.07) is 16.2. The molecule has 3 N–H and O–H groups in total. The summed E-state index contributed by atoms with van der Waals surface area (Å²) in [4.78, 5) is 7.05. The van der Waals surface area contributed by atoms with Gasteiger partial charge in [-0.25, -0.2) is 4.99 Å². The highest BCUT2D eigenvalue weighted by Crippen LogP contribution is 2.18. The minimum Gasteiger partial charge on any atom is -0.497 e. The van der Waals surface area contributed by atoms with Gasteiger partial charge in [0.15, 0.2) is 5.96 Å². The third-order valence-electron chi connectivity index (χ3n) is 4.72. The van der Waals surface area contributed by atoms with Crippen molar-refractivity contribution in [2.75, 3.05) is 25.5 Å². The normalized spacial score (nSPS) is 15.7. The van der Waals surface area contributed by atoms with E-state index in [1.54, 1.807) is 7.11 Å². The van der Waals surface area contributed by atoms with Crippen LogP contribution in [0.2, 0.25) is 0 Å². The van der Waals surface area contributed by atoms with Crippen molar-refractivity contribution in [2.24, 2.45) is 10.7 Å². The Labute approximate surface area is 155 Å². The van der Waals surface area contributed by atoms with E-state index in [-0.39, 0.29) is 0 Å². The molecule has 1 saturated heterocycles.